The summed E-state index contributed by atoms with van der Waals surface area (Å²) >= 11 is 6.03. The molecule has 0 radical (unpaired) electrons. The number of rotatable bonds is 7. The van der Waals surface area contributed by atoms with Crippen molar-refractivity contribution in [3.05, 3.63) is 58.1 Å². The summed E-state index contributed by atoms with van der Waals surface area (Å²) < 4.78 is 10.8. The summed E-state index contributed by atoms with van der Waals surface area (Å²) in [5.74, 6) is -0.0447. The van der Waals surface area contributed by atoms with E-state index >= 15 is 0 Å². The molecule has 1 unspecified atom stereocenters. The van der Waals surface area contributed by atoms with Crippen LogP contribution in [0.25, 0.3) is 0 Å². The van der Waals surface area contributed by atoms with Crippen LogP contribution in [-0.2, 0) is 9.53 Å². The molecule has 1 amide bonds. The molecule has 2 aromatic rings. The molecule has 144 valence electrons. The van der Waals surface area contributed by atoms with E-state index in [2.05, 4.69) is 5.32 Å². The largest absolute Gasteiger partial charge is 0.481 e. The van der Waals surface area contributed by atoms with Crippen LogP contribution in [0, 0.1) is 13.8 Å². The summed E-state index contributed by atoms with van der Waals surface area (Å²) in [5, 5.41) is 3.51. The average Bonchev–Trinajstić information content (AvgIpc) is 2.64. The van der Waals surface area contributed by atoms with Crippen LogP contribution in [0.5, 0.6) is 5.75 Å². The third kappa shape index (κ3) is 5.47. The zero-order chi connectivity index (χ0) is 20.0. The lowest BCUT2D eigenvalue weighted by atomic mass is 10.1. The van der Waals surface area contributed by atoms with Crippen molar-refractivity contribution in [1.82, 2.24) is 0 Å². The number of nitrogens with one attached hydrogen (secondary N) is 1. The molecule has 0 aliphatic rings. The molecule has 5 nitrogen and oxygen atoms in total. The van der Waals surface area contributed by atoms with E-state index in [9.17, 15) is 9.59 Å². The summed E-state index contributed by atoms with van der Waals surface area (Å²) in [4.78, 5) is 24.4. The molecule has 0 heterocycles. The van der Waals surface area contributed by atoms with E-state index in [1.807, 2.05) is 20.8 Å². The molecule has 2 aromatic carbocycles. The van der Waals surface area contributed by atoms with Gasteiger partial charge in [0.25, 0.3) is 5.91 Å². The second-order valence-corrected chi connectivity index (χ2v) is 6.57. The van der Waals surface area contributed by atoms with E-state index in [1.54, 1.807) is 43.3 Å². The summed E-state index contributed by atoms with van der Waals surface area (Å²) in [5.41, 5.74) is 2.73. The van der Waals surface area contributed by atoms with Crippen molar-refractivity contribution in [3.8, 4) is 5.75 Å². The first-order chi connectivity index (χ1) is 12.8. The first-order valence-corrected chi connectivity index (χ1v) is 9.25. The Morgan fingerprint density at radius 3 is 2.41 bits per heavy atom. The van der Waals surface area contributed by atoms with Crippen LogP contribution in [-0.4, -0.2) is 24.6 Å². The van der Waals surface area contributed by atoms with Crippen LogP contribution in [0.15, 0.2) is 36.4 Å². The van der Waals surface area contributed by atoms with Crippen LogP contribution in [0.2, 0.25) is 5.02 Å². The van der Waals surface area contributed by atoms with Crippen LogP contribution in [0.1, 0.15) is 41.8 Å². The fraction of sp³-hybridized carbons (Fsp3) is 0.333. The lowest BCUT2D eigenvalue weighted by molar-refractivity contribution is -0.122. The second kappa shape index (κ2) is 9.42. The fourth-order valence-corrected chi connectivity index (χ4v) is 2.65. The van der Waals surface area contributed by atoms with Gasteiger partial charge in [0.1, 0.15) is 5.75 Å². The molecule has 0 bridgehead atoms. The Bertz CT molecular complexity index is 835. The SMILES string of the molecule is CCOC(=O)c1ccc(NC(=O)C(CC)Oc2ccc(Cl)c(C)c2)c(C)c1. The maximum atomic E-state index is 12.6. The fourth-order valence-electron chi connectivity index (χ4n) is 2.54. The van der Waals surface area contributed by atoms with Crippen molar-refractivity contribution in [2.75, 3.05) is 11.9 Å². The predicted molar refractivity (Wildman–Crippen MR) is 107 cm³/mol. The van der Waals surface area contributed by atoms with Crippen LogP contribution < -0.4 is 10.1 Å². The van der Waals surface area contributed by atoms with Gasteiger partial charge in [-0.15, -0.1) is 0 Å². The molecule has 0 aliphatic heterocycles. The highest BCUT2D eigenvalue weighted by molar-refractivity contribution is 6.31. The molecule has 1 N–H and O–H groups in total. The predicted octanol–water partition coefficient (Wildman–Crippen LogP) is 4.93. The number of anilines is 1. The van der Waals surface area contributed by atoms with E-state index in [4.69, 9.17) is 21.1 Å². The highest BCUT2D eigenvalue weighted by Gasteiger charge is 2.20. The maximum absolute atomic E-state index is 12.6. The normalized spacial score (nSPS) is 11.6. The number of hydrogen-bond acceptors (Lipinski definition) is 4. The Labute approximate surface area is 164 Å². The third-order valence-electron chi connectivity index (χ3n) is 4.07. The number of benzene rings is 2. The molecule has 27 heavy (non-hydrogen) atoms. The molecule has 0 spiro atoms. The van der Waals surface area contributed by atoms with Gasteiger partial charge in [-0.2, -0.15) is 0 Å². The van der Waals surface area contributed by atoms with Gasteiger partial charge in [0.2, 0.25) is 0 Å². The van der Waals surface area contributed by atoms with Crippen LogP contribution in [0.4, 0.5) is 5.69 Å². The third-order valence-corrected chi connectivity index (χ3v) is 4.49. The number of amides is 1. The Hall–Kier alpha value is -2.53. The van der Waals surface area contributed by atoms with Crippen molar-refractivity contribution in [2.24, 2.45) is 0 Å². The zero-order valence-electron chi connectivity index (χ0n) is 16.0. The van der Waals surface area contributed by atoms with Gasteiger partial charge in [-0.1, -0.05) is 18.5 Å². The van der Waals surface area contributed by atoms with Crippen molar-refractivity contribution in [3.63, 3.8) is 0 Å². The zero-order valence-corrected chi connectivity index (χ0v) is 16.7. The number of carbonyl (C=O) groups excluding carboxylic acids is 2. The van der Waals surface area contributed by atoms with Crippen molar-refractivity contribution in [2.45, 2.75) is 40.2 Å². The Morgan fingerprint density at radius 2 is 1.81 bits per heavy atom. The van der Waals surface area contributed by atoms with E-state index in [0.29, 0.717) is 35.1 Å². The number of ether oxygens (including phenoxy) is 2. The first-order valence-electron chi connectivity index (χ1n) is 8.87. The smallest absolute Gasteiger partial charge is 0.338 e. The molecule has 0 saturated carbocycles. The van der Waals surface area contributed by atoms with Gasteiger partial charge in [-0.3, -0.25) is 4.79 Å². The lowest BCUT2D eigenvalue weighted by Crippen LogP contribution is -2.32. The number of halogens is 1. The topological polar surface area (TPSA) is 64.6 Å². The van der Waals surface area contributed by atoms with E-state index in [0.717, 1.165) is 11.1 Å². The van der Waals surface area contributed by atoms with Gasteiger partial charge in [0, 0.05) is 10.7 Å². The van der Waals surface area contributed by atoms with Crippen molar-refractivity contribution < 1.29 is 19.1 Å². The molecular formula is C21H24ClNO4. The Morgan fingerprint density at radius 1 is 1.07 bits per heavy atom. The van der Waals surface area contributed by atoms with E-state index < -0.39 is 6.10 Å². The first kappa shape index (κ1) is 20.8. The second-order valence-electron chi connectivity index (χ2n) is 6.17. The molecule has 6 heteroatoms. The number of hydrogen-bond donors (Lipinski definition) is 1. The monoisotopic (exact) mass is 389 g/mol. The van der Waals surface area contributed by atoms with Crippen molar-refractivity contribution in [1.29, 1.82) is 0 Å². The molecule has 0 aromatic heterocycles. The minimum atomic E-state index is -0.644. The highest BCUT2D eigenvalue weighted by Crippen LogP contribution is 2.23. The molecule has 0 fully saturated rings. The highest BCUT2D eigenvalue weighted by atomic mass is 35.5. The molecular weight excluding hydrogens is 366 g/mol. The Balaban J connectivity index is 2.09. The minimum absolute atomic E-state index is 0.253. The minimum Gasteiger partial charge on any atom is -0.481 e. The van der Waals surface area contributed by atoms with Crippen LogP contribution >= 0.6 is 11.6 Å². The van der Waals surface area contributed by atoms with Gasteiger partial charge >= 0.3 is 5.97 Å². The lowest BCUT2D eigenvalue weighted by Gasteiger charge is -2.19. The van der Waals surface area contributed by atoms with E-state index in [-0.39, 0.29) is 11.9 Å². The van der Waals surface area contributed by atoms with Crippen LogP contribution in [0.3, 0.4) is 0 Å². The summed E-state index contributed by atoms with van der Waals surface area (Å²) in [6, 6.07) is 10.3. The molecule has 1 atom stereocenters. The summed E-state index contributed by atoms with van der Waals surface area (Å²) in [6.45, 7) is 7.65. The number of esters is 1. The number of aryl methyl sites for hydroxylation is 2. The van der Waals surface area contributed by atoms with Crippen molar-refractivity contribution >= 4 is 29.2 Å². The van der Waals surface area contributed by atoms with Gasteiger partial charge in [-0.05, 0) is 74.7 Å². The molecule has 0 aliphatic carbocycles. The maximum Gasteiger partial charge on any atom is 0.338 e. The van der Waals surface area contributed by atoms with Gasteiger partial charge in [-0.25, -0.2) is 4.79 Å². The van der Waals surface area contributed by atoms with E-state index in [1.165, 1.54) is 0 Å². The van der Waals surface area contributed by atoms with Gasteiger partial charge in [0.05, 0.1) is 12.2 Å². The standard InChI is InChI=1S/C21H24ClNO4/c1-5-19(27-16-8-9-17(22)13(3)12-16)20(24)23-18-10-7-15(11-14(18)4)21(25)26-6-2/h7-12,19H,5-6H2,1-4H3,(H,23,24). The van der Waals surface area contributed by atoms with Gasteiger partial charge < -0.3 is 14.8 Å². The molecule has 0 saturated heterocycles. The number of carbonyl (C=O) groups is 2. The Kier molecular flexibility index (Phi) is 7.25. The van der Waals surface area contributed by atoms with Gasteiger partial charge in [0.15, 0.2) is 6.10 Å². The summed E-state index contributed by atoms with van der Waals surface area (Å²) in [6.07, 6.45) is -0.136. The quantitative estimate of drug-likeness (QED) is 0.682. The molecule has 2 rings (SSSR count). The average molecular weight is 390 g/mol. The summed E-state index contributed by atoms with van der Waals surface area (Å²) in [7, 11) is 0.